The summed E-state index contributed by atoms with van der Waals surface area (Å²) in [7, 11) is 0. The molecule has 0 unspecified atom stereocenters. The molecule has 0 saturated heterocycles. The zero-order valence-electron chi connectivity index (χ0n) is 11.3. The van der Waals surface area contributed by atoms with E-state index in [2.05, 4.69) is 43.6 Å². The van der Waals surface area contributed by atoms with Crippen molar-refractivity contribution in [1.82, 2.24) is 14.3 Å². The van der Waals surface area contributed by atoms with Crippen molar-refractivity contribution in [1.29, 1.82) is 0 Å². The van der Waals surface area contributed by atoms with Gasteiger partial charge in [-0.1, -0.05) is 0 Å². The molecule has 4 heterocycles. The molecule has 0 atom stereocenters. The molecule has 0 aromatic carbocycles. The Morgan fingerprint density at radius 1 is 1.00 bits per heavy atom. The summed E-state index contributed by atoms with van der Waals surface area (Å²) in [6, 6.07) is 12.3. The molecule has 1 N–H and O–H groups in total. The van der Waals surface area contributed by atoms with E-state index in [-0.39, 0.29) is 0 Å². The minimum Gasteiger partial charge on any atom is -0.360 e. The molecule has 0 radical (unpaired) electrons. The van der Waals surface area contributed by atoms with E-state index in [0.29, 0.717) is 0 Å². The van der Waals surface area contributed by atoms with Gasteiger partial charge in [0.1, 0.15) is 0 Å². The van der Waals surface area contributed by atoms with Crippen LogP contribution in [0.2, 0.25) is 0 Å². The van der Waals surface area contributed by atoms with Crippen molar-refractivity contribution in [3.05, 3.63) is 78.5 Å². The van der Waals surface area contributed by atoms with E-state index < -0.39 is 0 Å². The van der Waals surface area contributed by atoms with Crippen LogP contribution in [0.1, 0.15) is 5.69 Å². The summed E-state index contributed by atoms with van der Waals surface area (Å²) in [5.74, 6) is 0. The van der Waals surface area contributed by atoms with Gasteiger partial charge >= 0.3 is 0 Å². The summed E-state index contributed by atoms with van der Waals surface area (Å²) in [5.41, 5.74) is 4.24. The Balaban J connectivity index is 1.81. The summed E-state index contributed by atoms with van der Waals surface area (Å²) >= 11 is 0. The predicted molar refractivity (Wildman–Crippen MR) is 85.1 cm³/mol. The average molecular weight is 274 g/mol. The Kier molecular flexibility index (Phi) is 2.71. The highest BCUT2D eigenvalue weighted by atomic mass is 15.5. The summed E-state index contributed by atoms with van der Waals surface area (Å²) < 4.78 is 4.21. The monoisotopic (exact) mass is 274 g/mol. The Bertz CT molecular complexity index is 827. The maximum atomic E-state index is 4.30. The molecule has 0 aliphatic carbocycles. The van der Waals surface area contributed by atoms with Crippen LogP contribution in [0.15, 0.2) is 77.8 Å². The van der Waals surface area contributed by atoms with Gasteiger partial charge in [0.15, 0.2) is 0 Å². The van der Waals surface area contributed by atoms with Gasteiger partial charge in [-0.05, 0) is 54.6 Å². The first-order valence-corrected chi connectivity index (χ1v) is 6.83. The standard InChI is InChI=1S/C17H14N4/c1-5-14(18-9-1)13-15-6-3-11-20(15)21-12-4-8-17(21)16-7-2-10-19-16/h1-13,19H/b14-13+. The lowest BCUT2D eigenvalue weighted by molar-refractivity contribution is 0.668. The fraction of sp³-hybridized carbons (Fsp3) is 0. The van der Waals surface area contributed by atoms with Gasteiger partial charge < -0.3 is 4.98 Å². The van der Waals surface area contributed by atoms with Crippen LogP contribution in [-0.2, 0) is 0 Å². The minimum atomic E-state index is 0.962. The van der Waals surface area contributed by atoms with E-state index in [1.54, 1.807) is 6.21 Å². The van der Waals surface area contributed by atoms with Crippen molar-refractivity contribution in [3.8, 4) is 11.4 Å². The lowest BCUT2D eigenvalue weighted by atomic mass is 10.3. The number of nitrogens with zero attached hydrogens (tertiary/aromatic N) is 3. The largest absolute Gasteiger partial charge is 0.360 e. The third kappa shape index (κ3) is 2.07. The molecule has 0 spiro atoms. The Hall–Kier alpha value is -3.01. The first-order chi connectivity index (χ1) is 10.4. The number of aromatic amines is 1. The second-order valence-corrected chi connectivity index (χ2v) is 4.81. The summed E-state index contributed by atoms with van der Waals surface area (Å²) in [6.07, 6.45) is 13.8. The molecule has 0 fully saturated rings. The normalized spacial score (nSPS) is 15.3. The fourth-order valence-electron chi connectivity index (χ4n) is 2.51. The molecule has 1 aliphatic rings. The first kappa shape index (κ1) is 11.8. The molecule has 4 heteroatoms. The number of hydrogen-bond acceptors (Lipinski definition) is 1. The molecule has 102 valence electrons. The highest BCUT2D eigenvalue weighted by Crippen LogP contribution is 2.20. The molecular weight excluding hydrogens is 260 g/mol. The van der Waals surface area contributed by atoms with Crippen LogP contribution in [0.3, 0.4) is 0 Å². The van der Waals surface area contributed by atoms with Gasteiger partial charge in [0.2, 0.25) is 0 Å². The smallest absolute Gasteiger partial charge is 0.0864 e. The van der Waals surface area contributed by atoms with Gasteiger partial charge in [0.05, 0.1) is 22.8 Å². The summed E-state index contributed by atoms with van der Waals surface area (Å²) in [6.45, 7) is 0. The van der Waals surface area contributed by atoms with Crippen LogP contribution in [0.4, 0.5) is 0 Å². The SMILES string of the molecule is C1=C/C(=C\c2cccn2-n2cccc2-c2ccc[nH]2)N=C1. The van der Waals surface area contributed by atoms with Crippen LogP contribution >= 0.6 is 0 Å². The second kappa shape index (κ2) is 4.83. The van der Waals surface area contributed by atoms with Crippen molar-refractivity contribution >= 4 is 12.3 Å². The molecule has 0 bridgehead atoms. The number of aromatic nitrogens is 3. The van der Waals surface area contributed by atoms with Gasteiger partial charge in [0, 0.05) is 24.8 Å². The van der Waals surface area contributed by atoms with Crippen LogP contribution < -0.4 is 0 Å². The Morgan fingerprint density at radius 2 is 1.90 bits per heavy atom. The van der Waals surface area contributed by atoms with Crippen molar-refractivity contribution in [3.63, 3.8) is 0 Å². The number of aliphatic imine (C=N–C) groups is 1. The highest BCUT2D eigenvalue weighted by molar-refractivity contribution is 5.79. The van der Waals surface area contributed by atoms with E-state index in [1.807, 2.05) is 48.9 Å². The molecule has 0 amide bonds. The van der Waals surface area contributed by atoms with E-state index in [9.17, 15) is 0 Å². The lowest BCUT2D eigenvalue weighted by Gasteiger charge is -2.12. The van der Waals surface area contributed by atoms with Crippen LogP contribution in [-0.4, -0.2) is 20.6 Å². The maximum absolute atomic E-state index is 4.30. The van der Waals surface area contributed by atoms with Gasteiger partial charge in [-0.25, -0.2) is 0 Å². The van der Waals surface area contributed by atoms with E-state index in [1.165, 1.54) is 0 Å². The third-order valence-electron chi connectivity index (χ3n) is 3.47. The van der Waals surface area contributed by atoms with Crippen molar-refractivity contribution in [2.75, 3.05) is 0 Å². The Labute approximate surface area is 122 Å². The maximum Gasteiger partial charge on any atom is 0.0864 e. The van der Waals surface area contributed by atoms with Gasteiger partial charge in [-0.15, -0.1) is 0 Å². The number of nitrogens with one attached hydrogen (secondary N) is 1. The fourth-order valence-corrected chi connectivity index (χ4v) is 2.51. The average Bonchev–Trinajstić information content (AvgIpc) is 3.28. The van der Waals surface area contributed by atoms with Crippen LogP contribution in [0, 0.1) is 0 Å². The van der Waals surface area contributed by atoms with Crippen molar-refractivity contribution in [2.45, 2.75) is 0 Å². The second-order valence-electron chi connectivity index (χ2n) is 4.81. The van der Waals surface area contributed by atoms with E-state index in [0.717, 1.165) is 22.8 Å². The third-order valence-corrected chi connectivity index (χ3v) is 3.47. The van der Waals surface area contributed by atoms with Crippen LogP contribution in [0.5, 0.6) is 0 Å². The minimum absolute atomic E-state index is 0.962. The summed E-state index contributed by atoms with van der Waals surface area (Å²) in [5, 5.41) is 0. The van der Waals surface area contributed by atoms with Crippen molar-refractivity contribution < 1.29 is 0 Å². The molecule has 0 saturated carbocycles. The Morgan fingerprint density at radius 3 is 2.71 bits per heavy atom. The molecular formula is C17H14N4. The number of allylic oxidation sites excluding steroid dienone is 2. The quantitative estimate of drug-likeness (QED) is 0.758. The van der Waals surface area contributed by atoms with Crippen molar-refractivity contribution in [2.24, 2.45) is 4.99 Å². The molecule has 4 rings (SSSR count). The van der Waals surface area contributed by atoms with Crippen LogP contribution in [0.25, 0.3) is 17.5 Å². The molecule has 21 heavy (non-hydrogen) atoms. The first-order valence-electron chi connectivity index (χ1n) is 6.83. The summed E-state index contributed by atoms with van der Waals surface area (Å²) in [4.78, 5) is 7.55. The molecule has 1 aliphatic heterocycles. The van der Waals surface area contributed by atoms with Gasteiger partial charge in [-0.3, -0.25) is 14.3 Å². The van der Waals surface area contributed by atoms with Gasteiger partial charge in [0.25, 0.3) is 0 Å². The molecule has 3 aromatic heterocycles. The number of hydrogen-bond donors (Lipinski definition) is 1. The molecule has 4 nitrogen and oxygen atoms in total. The lowest BCUT2D eigenvalue weighted by Crippen LogP contribution is -2.09. The predicted octanol–water partition coefficient (Wildman–Crippen LogP) is 3.58. The van der Waals surface area contributed by atoms with E-state index in [4.69, 9.17) is 0 Å². The highest BCUT2D eigenvalue weighted by Gasteiger charge is 2.08. The molecule has 3 aromatic rings. The number of rotatable bonds is 3. The zero-order valence-corrected chi connectivity index (χ0v) is 11.3. The topological polar surface area (TPSA) is 38.0 Å². The number of H-pyrrole nitrogens is 1. The zero-order chi connectivity index (χ0) is 14.1. The van der Waals surface area contributed by atoms with E-state index >= 15 is 0 Å². The van der Waals surface area contributed by atoms with Gasteiger partial charge in [-0.2, -0.15) is 0 Å².